The fourth-order valence-corrected chi connectivity index (χ4v) is 5.19. The Balaban J connectivity index is 1.53. The van der Waals surface area contributed by atoms with Crippen molar-refractivity contribution in [3.05, 3.63) is 87.3 Å². The largest absolute Gasteiger partial charge is 0.381 e. The second kappa shape index (κ2) is 9.66. The van der Waals surface area contributed by atoms with Gasteiger partial charge in [0.2, 0.25) is 5.91 Å². The summed E-state index contributed by atoms with van der Waals surface area (Å²) in [5, 5.41) is 3.86. The minimum atomic E-state index is -0.506. The number of primary amides is 1. The van der Waals surface area contributed by atoms with Crippen LogP contribution in [0, 0.1) is 6.92 Å². The smallest absolute Gasteiger partial charge is 0.290 e. The Kier molecular flexibility index (Phi) is 6.36. The van der Waals surface area contributed by atoms with Gasteiger partial charge in [0.05, 0.1) is 11.1 Å². The van der Waals surface area contributed by atoms with Gasteiger partial charge in [-0.2, -0.15) is 4.74 Å². The number of allylic oxidation sites excluding steroid dienone is 2. The van der Waals surface area contributed by atoms with Crippen molar-refractivity contribution in [2.24, 2.45) is 12.8 Å². The highest BCUT2D eigenvalue weighted by atomic mass is 16.5. The highest BCUT2D eigenvalue weighted by Crippen LogP contribution is 2.32. The molecule has 0 bridgehead atoms. The summed E-state index contributed by atoms with van der Waals surface area (Å²) in [5.74, 6) is -0.277. The first kappa shape index (κ1) is 25.0. The van der Waals surface area contributed by atoms with Crippen LogP contribution in [-0.2, 0) is 18.4 Å². The first-order valence-corrected chi connectivity index (χ1v) is 12.5. The predicted molar refractivity (Wildman–Crippen MR) is 145 cm³/mol. The van der Waals surface area contributed by atoms with E-state index in [4.69, 9.17) is 10.3 Å². The molecule has 0 spiro atoms. The number of aryl methyl sites for hydroxylation is 3. The average molecular weight is 512 g/mol. The minimum absolute atomic E-state index is 0.179. The molecule has 0 radical (unpaired) electrons. The van der Waals surface area contributed by atoms with E-state index in [1.165, 1.54) is 4.74 Å². The fourth-order valence-electron chi connectivity index (χ4n) is 5.19. The predicted octanol–water partition coefficient (Wildman–Crippen LogP) is 4.20. The molecule has 0 fully saturated rings. The maximum absolute atomic E-state index is 13.4. The van der Waals surface area contributed by atoms with E-state index in [1.807, 2.05) is 43.3 Å². The Hall–Kier alpha value is -4.66. The van der Waals surface area contributed by atoms with Crippen LogP contribution in [0.25, 0.3) is 33.3 Å². The molecule has 3 aromatic heterocycles. The minimum Gasteiger partial charge on any atom is -0.381 e. The van der Waals surface area contributed by atoms with Crippen molar-refractivity contribution in [2.45, 2.75) is 40.2 Å². The quantitative estimate of drug-likeness (QED) is 0.401. The molecule has 3 N–H and O–H groups in total. The number of nitrogens with zero attached hydrogens (tertiary/aromatic N) is 3. The molecule has 194 valence electrons. The molecule has 5 rings (SSSR count). The van der Waals surface area contributed by atoms with Crippen LogP contribution in [0.4, 0.5) is 0 Å². The molecule has 9 nitrogen and oxygen atoms in total. The number of carbonyl (C=O) groups is 2. The Bertz CT molecular complexity index is 1710. The monoisotopic (exact) mass is 511 g/mol. The summed E-state index contributed by atoms with van der Waals surface area (Å²) in [6, 6.07) is 11.6. The molecule has 0 atom stereocenters. The van der Waals surface area contributed by atoms with Crippen LogP contribution < -0.4 is 16.6 Å². The topological polar surface area (TPSA) is 125 Å². The fraction of sp³-hybridized carbons (Fsp3) is 0.241. The first-order valence-electron chi connectivity index (χ1n) is 12.5. The van der Waals surface area contributed by atoms with Crippen molar-refractivity contribution in [1.29, 1.82) is 0 Å². The summed E-state index contributed by atoms with van der Waals surface area (Å²) >= 11 is 0. The van der Waals surface area contributed by atoms with Gasteiger partial charge in [0.25, 0.3) is 11.5 Å². The third-order valence-corrected chi connectivity index (χ3v) is 7.06. The SMILES string of the molecule is CCn1c(-c2ccc(-c3c(C)on(C)c3=O)cc2)cc2ccnc(C(=O)NC3=C(C)C(C(N)=O)=CCC3)c21. The van der Waals surface area contributed by atoms with Gasteiger partial charge in [-0.1, -0.05) is 30.3 Å². The first-order chi connectivity index (χ1) is 18.2. The van der Waals surface area contributed by atoms with Gasteiger partial charge in [-0.3, -0.25) is 14.4 Å². The molecular formula is C29H29N5O4. The Morgan fingerprint density at radius 3 is 2.47 bits per heavy atom. The normalized spacial score (nSPS) is 13.6. The van der Waals surface area contributed by atoms with E-state index in [-0.39, 0.29) is 11.5 Å². The standard InChI is InChI=1S/C29H29N5O4/c1-5-34-23(18-9-11-19(12-10-18)24-17(3)38-33(4)29(24)37)15-20-13-14-31-25(26(20)34)28(36)32-22-8-6-7-21(16(22)2)27(30)35/h7,9-15H,5-6,8H2,1-4H3,(H2,30,35)(H,32,36). The second-order valence-corrected chi connectivity index (χ2v) is 9.35. The zero-order valence-corrected chi connectivity index (χ0v) is 21.8. The van der Waals surface area contributed by atoms with E-state index >= 15 is 0 Å². The number of nitrogens with two attached hydrogens (primary N) is 1. The maximum Gasteiger partial charge on any atom is 0.290 e. The van der Waals surface area contributed by atoms with Crippen molar-refractivity contribution < 1.29 is 14.1 Å². The Morgan fingerprint density at radius 2 is 1.84 bits per heavy atom. The molecule has 3 heterocycles. The van der Waals surface area contributed by atoms with Gasteiger partial charge in [0.1, 0.15) is 5.76 Å². The highest BCUT2D eigenvalue weighted by Gasteiger charge is 2.23. The highest BCUT2D eigenvalue weighted by molar-refractivity contribution is 6.06. The summed E-state index contributed by atoms with van der Waals surface area (Å²) in [4.78, 5) is 42.1. The van der Waals surface area contributed by atoms with Gasteiger partial charge >= 0.3 is 0 Å². The number of fused-ring (bicyclic) bond motifs is 1. The zero-order valence-electron chi connectivity index (χ0n) is 21.8. The number of nitrogens with one attached hydrogen (secondary N) is 1. The Morgan fingerprint density at radius 1 is 1.13 bits per heavy atom. The zero-order chi connectivity index (χ0) is 27.1. The molecule has 9 heteroatoms. The molecule has 0 saturated carbocycles. The maximum atomic E-state index is 13.4. The molecule has 4 aromatic rings. The van der Waals surface area contributed by atoms with Crippen LogP contribution in [-0.4, -0.2) is 26.1 Å². The number of hydrogen-bond donors (Lipinski definition) is 2. The van der Waals surface area contributed by atoms with Crippen LogP contribution in [0.2, 0.25) is 0 Å². The third kappa shape index (κ3) is 4.15. The summed E-state index contributed by atoms with van der Waals surface area (Å²) in [7, 11) is 1.59. The van der Waals surface area contributed by atoms with Gasteiger partial charge in [0, 0.05) is 42.1 Å². The van der Waals surface area contributed by atoms with E-state index in [2.05, 4.69) is 14.9 Å². The number of pyridine rings is 1. The van der Waals surface area contributed by atoms with Gasteiger partial charge in [-0.05, 0) is 62.4 Å². The lowest BCUT2D eigenvalue weighted by Crippen LogP contribution is -2.28. The van der Waals surface area contributed by atoms with Gasteiger partial charge < -0.3 is 20.1 Å². The van der Waals surface area contributed by atoms with Crippen LogP contribution in [0.15, 0.2) is 74.8 Å². The van der Waals surface area contributed by atoms with E-state index in [0.717, 1.165) is 27.7 Å². The lowest BCUT2D eigenvalue weighted by atomic mass is 9.95. The summed E-state index contributed by atoms with van der Waals surface area (Å²) in [6.45, 7) is 6.19. The lowest BCUT2D eigenvalue weighted by Gasteiger charge is -2.19. The molecule has 0 saturated heterocycles. The molecule has 2 amide bonds. The molecule has 0 unspecified atom stereocenters. The van der Waals surface area contributed by atoms with Crippen molar-refractivity contribution in [3.63, 3.8) is 0 Å². The molecule has 38 heavy (non-hydrogen) atoms. The van der Waals surface area contributed by atoms with E-state index in [1.54, 1.807) is 33.2 Å². The number of benzene rings is 1. The van der Waals surface area contributed by atoms with Crippen molar-refractivity contribution in [1.82, 2.24) is 19.6 Å². The number of rotatable bonds is 6. The van der Waals surface area contributed by atoms with Crippen molar-refractivity contribution in [3.8, 4) is 22.4 Å². The van der Waals surface area contributed by atoms with Gasteiger partial charge in [-0.15, -0.1) is 0 Å². The molecule has 0 aliphatic heterocycles. The lowest BCUT2D eigenvalue weighted by molar-refractivity contribution is -0.114. The van der Waals surface area contributed by atoms with E-state index < -0.39 is 5.91 Å². The molecule has 1 aliphatic carbocycles. The molecule has 1 aliphatic rings. The number of carbonyl (C=O) groups excluding carboxylic acids is 2. The van der Waals surface area contributed by atoms with E-state index in [0.29, 0.717) is 53.2 Å². The summed E-state index contributed by atoms with van der Waals surface area (Å²) in [5.41, 5.74) is 11.3. The van der Waals surface area contributed by atoms with Gasteiger partial charge in [-0.25, -0.2) is 4.98 Å². The van der Waals surface area contributed by atoms with Gasteiger partial charge in [0.15, 0.2) is 5.69 Å². The second-order valence-electron chi connectivity index (χ2n) is 9.35. The third-order valence-electron chi connectivity index (χ3n) is 7.06. The summed E-state index contributed by atoms with van der Waals surface area (Å²) < 4.78 is 8.72. The number of aromatic nitrogens is 3. The average Bonchev–Trinajstić information content (AvgIpc) is 3.40. The molecular weight excluding hydrogens is 482 g/mol. The number of hydrogen-bond acceptors (Lipinski definition) is 5. The number of amides is 2. The van der Waals surface area contributed by atoms with Crippen molar-refractivity contribution >= 4 is 22.7 Å². The van der Waals surface area contributed by atoms with Crippen LogP contribution in [0.1, 0.15) is 42.9 Å². The molecule has 1 aromatic carbocycles. The Labute approximate surface area is 219 Å². The summed E-state index contributed by atoms with van der Waals surface area (Å²) in [6.07, 6.45) is 4.66. The van der Waals surface area contributed by atoms with Crippen LogP contribution >= 0.6 is 0 Å². The van der Waals surface area contributed by atoms with Crippen LogP contribution in [0.5, 0.6) is 0 Å². The van der Waals surface area contributed by atoms with E-state index in [9.17, 15) is 14.4 Å². The van der Waals surface area contributed by atoms with Crippen LogP contribution in [0.3, 0.4) is 0 Å². The van der Waals surface area contributed by atoms with Crippen molar-refractivity contribution in [2.75, 3.05) is 0 Å².